The smallest absolute Gasteiger partial charge is 0.323 e. The van der Waals surface area contributed by atoms with E-state index < -0.39 is 53.2 Å². The minimum absolute atomic E-state index is 0.0501. The maximum atomic E-state index is 13.1. The molecule has 0 aliphatic heterocycles. The summed E-state index contributed by atoms with van der Waals surface area (Å²) in [7, 11) is 2.14. The number of Topliss-reactive ketones (excluding diaryl/α,β-unsaturated/α-hetero) is 2. The van der Waals surface area contributed by atoms with Gasteiger partial charge in [-0.05, 0) is 12.0 Å². The Morgan fingerprint density at radius 2 is 1.62 bits per heavy atom. The van der Waals surface area contributed by atoms with Gasteiger partial charge in [-0.1, -0.05) is 30.3 Å². The Labute approximate surface area is 172 Å². The van der Waals surface area contributed by atoms with E-state index in [0.717, 1.165) is 14.2 Å². The van der Waals surface area contributed by atoms with Gasteiger partial charge in [-0.15, -0.1) is 11.6 Å². The van der Waals surface area contributed by atoms with E-state index in [2.05, 4.69) is 10.1 Å². The zero-order valence-electron chi connectivity index (χ0n) is 16.1. The van der Waals surface area contributed by atoms with Crippen LogP contribution in [0.5, 0.6) is 0 Å². The zero-order valence-corrected chi connectivity index (χ0v) is 16.8. The number of carbonyl (C=O) groups is 5. The van der Waals surface area contributed by atoms with E-state index in [1.807, 2.05) is 0 Å². The topological polar surface area (TPSA) is 116 Å². The van der Waals surface area contributed by atoms with Crippen molar-refractivity contribution in [1.82, 2.24) is 5.32 Å². The van der Waals surface area contributed by atoms with Gasteiger partial charge in [0.25, 0.3) is 0 Å². The summed E-state index contributed by atoms with van der Waals surface area (Å²) < 4.78 is 9.36. The maximum absolute atomic E-state index is 13.1. The predicted octanol–water partition coefficient (Wildman–Crippen LogP) is 1.00. The first-order chi connectivity index (χ1) is 13.9. The van der Waals surface area contributed by atoms with Crippen LogP contribution in [0.25, 0.3) is 0 Å². The van der Waals surface area contributed by atoms with Crippen LogP contribution in [0.15, 0.2) is 30.3 Å². The Balaban J connectivity index is 2.56. The van der Waals surface area contributed by atoms with Crippen molar-refractivity contribution in [3.63, 3.8) is 0 Å². The second kappa shape index (κ2) is 10.2. The first-order valence-electron chi connectivity index (χ1n) is 9.00. The Morgan fingerprint density at radius 1 is 1.00 bits per heavy atom. The van der Waals surface area contributed by atoms with Crippen LogP contribution >= 0.6 is 11.6 Å². The number of esters is 2. The number of ketones is 2. The Bertz CT molecular complexity index is 795. The highest BCUT2D eigenvalue weighted by Crippen LogP contribution is 2.38. The van der Waals surface area contributed by atoms with Crippen LogP contribution in [0.4, 0.5) is 0 Å². The lowest BCUT2D eigenvalue weighted by Crippen LogP contribution is -2.60. The quantitative estimate of drug-likeness (QED) is 0.395. The van der Waals surface area contributed by atoms with E-state index in [0.29, 0.717) is 12.0 Å². The molecule has 1 amide bonds. The number of benzene rings is 1. The fraction of sp³-hybridized carbons (Fsp3) is 0.450. The molecule has 0 spiro atoms. The molecule has 2 rings (SSSR count). The van der Waals surface area contributed by atoms with E-state index in [1.54, 1.807) is 30.3 Å². The van der Waals surface area contributed by atoms with E-state index in [1.165, 1.54) is 0 Å². The number of alkyl halides is 1. The standard InChI is InChI=1S/C20H22ClNO7/c1-28-19(26)14-13(11-7-4-3-5-8-11)16(22-12(23)9-6-10-21)18(25)15(17(14)24)20(27)29-2/h3-5,7-8,13-16H,6,9-10H2,1-2H3,(H,22,23)/t13-,14+,15-,16+/m1/s1. The predicted molar refractivity (Wildman–Crippen MR) is 102 cm³/mol. The van der Waals surface area contributed by atoms with Gasteiger partial charge in [0.2, 0.25) is 5.91 Å². The van der Waals surface area contributed by atoms with Crippen LogP contribution in [-0.4, -0.2) is 55.6 Å². The van der Waals surface area contributed by atoms with Crippen molar-refractivity contribution in [3.05, 3.63) is 35.9 Å². The number of rotatable bonds is 7. The van der Waals surface area contributed by atoms with Gasteiger partial charge in [0, 0.05) is 18.2 Å². The van der Waals surface area contributed by atoms with Crippen molar-refractivity contribution in [1.29, 1.82) is 0 Å². The van der Waals surface area contributed by atoms with Crippen molar-refractivity contribution in [3.8, 4) is 0 Å². The molecule has 0 bridgehead atoms. The normalized spacial score (nSPS) is 24.0. The largest absolute Gasteiger partial charge is 0.468 e. The van der Waals surface area contributed by atoms with Gasteiger partial charge in [0.1, 0.15) is 5.92 Å². The Hall–Kier alpha value is -2.74. The fourth-order valence-electron chi connectivity index (χ4n) is 3.48. The lowest BCUT2D eigenvalue weighted by atomic mass is 9.66. The average Bonchev–Trinajstić information content (AvgIpc) is 2.73. The van der Waals surface area contributed by atoms with Gasteiger partial charge in [0.05, 0.1) is 20.3 Å². The molecule has 29 heavy (non-hydrogen) atoms. The monoisotopic (exact) mass is 423 g/mol. The molecule has 1 fully saturated rings. The maximum Gasteiger partial charge on any atom is 0.323 e. The fourth-order valence-corrected chi connectivity index (χ4v) is 3.61. The second-order valence-electron chi connectivity index (χ2n) is 6.54. The molecule has 1 aromatic carbocycles. The molecular formula is C20H22ClNO7. The van der Waals surface area contributed by atoms with Gasteiger partial charge in [-0.2, -0.15) is 0 Å². The summed E-state index contributed by atoms with van der Waals surface area (Å²) in [5.74, 6) is -8.24. The number of nitrogens with one attached hydrogen (secondary N) is 1. The van der Waals surface area contributed by atoms with Crippen molar-refractivity contribution >= 4 is 41.0 Å². The minimum Gasteiger partial charge on any atom is -0.468 e. The molecule has 1 aliphatic carbocycles. The average molecular weight is 424 g/mol. The van der Waals surface area contributed by atoms with Crippen molar-refractivity contribution < 1.29 is 33.4 Å². The van der Waals surface area contributed by atoms with Crippen LogP contribution in [0.1, 0.15) is 24.3 Å². The van der Waals surface area contributed by atoms with E-state index in [4.69, 9.17) is 16.3 Å². The third-order valence-electron chi connectivity index (χ3n) is 4.83. The molecule has 1 N–H and O–H groups in total. The zero-order chi connectivity index (χ0) is 21.6. The number of amides is 1. The number of hydrogen-bond donors (Lipinski definition) is 1. The molecule has 1 saturated carbocycles. The van der Waals surface area contributed by atoms with Crippen molar-refractivity contribution in [2.45, 2.75) is 24.8 Å². The molecule has 4 atom stereocenters. The number of ether oxygens (including phenoxy) is 2. The summed E-state index contributed by atoms with van der Waals surface area (Å²) in [4.78, 5) is 63.0. The van der Waals surface area contributed by atoms with Gasteiger partial charge in [-0.25, -0.2) is 0 Å². The molecule has 1 aliphatic rings. The molecule has 8 nitrogen and oxygen atoms in total. The molecule has 0 aromatic heterocycles. The third-order valence-corrected chi connectivity index (χ3v) is 5.10. The SMILES string of the molecule is COC(=O)[C@@H]1C(=O)[C@@H](C(=O)OC)[C@@H](c2ccccc2)[C@H](NC(=O)CCCCl)C1=O. The summed E-state index contributed by atoms with van der Waals surface area (Å²) in [6.07, 6.45) is 0.429. The first kappa shape index (κ1) is 22.5. The first-order valence-corrected chi connectivity index (χ1v) is 9.54. The number of carbonyl (C=O) groups excluding carboxylic acids is 5. The lowest BCUT2D eigenvalue weighted by Gasteiger charge is -2.38. The molecule has 0 saturated heterocycles. The van der Waals surface area contributed by atoms with E-state index >= 15 is 0 Å². The Kier molecular flexibility index (Phi) is 7.90. The lowest BCUT2D eigenvalue weighted by molar-refractivity contribution is -0.163. The number of halogens is 1. The highest BCUT2D eigenvalue weighted by molar-refractivity contribution is 6.25. The molecule has 0 heterocycles. The van der Waals surface area contributed by atoms with Gasteiger partial charge < -0.3 is 14.8 Å². The van der Waals surface area contributed by atoms with Crippen LogP contribution in [0, 0.1) is 11.8 Å². The van der Waals surface area contributed by atoms with Gasteiger partial charge in [0.15, 0.2) is 17.5 Å². The summed E-state index contributed by atoms with van der Waals surface area (Å²) in [6.45, 7) is 0. The highest BCUT2D eigenvalue weighted by Gasteiger charge is 2.56. The second-order valence-corrected chi connectivity index (χ2v) is 6.91. The minimum atomic E-state index is -1.82. The molecule has 9 heteroatoms. The molecular weight excluding hydrogens is 402 g/mol. The van der Waals surface area contributed by atoms with E-state index in [-0.39, 0.29) is 12.3 Å². The van der Waals surface area contributed by atoms with Crippen molar-refractivity contribution in [2.24, 2.45) is 11.8 Å². The highest BCUT2D eigenvalue weighted by atomic mass is 35.5. The molecule has 0 radical (unpaired) electrons. The van der Waals surface area contributed by atoms with E-state index in [9.17, 15) is 24.0 Å². The summed E-state index contributed by atoms with van der Waals surface area (Å²) >= 11 is 5.61. The van der Waals surface area contributed by atoms with Crippen LogP contribution in [0.3, 0.4) is 0 Å². The Morgan fingerprint density at radius 3 is 2.17 bits per heavy atom. The van der Waals surface area contributed by atoms with Crippen LogP contribution < -0.4 is 5.32 Å². The summed E-state index contributed by atoms with van der Waals surface area (Å²) in [5.41, 5.74) is 0.482. The molecule has 1 aromatic rings. The van der Waals surface area contributed by atoms with Crippen LogP contribution in [-0.2, 0) is 33.4 Å². The summed E-state index contributed by atoms with van der Waals surface area (Å²) in [6, 6.07) is 7.07. The van der Waals surface area contributed by atoms with Crippen molar-refractivity contribution in [2.75, 3.05) is 20.1 Å². The van der Waals surface area contributed by atoms with Crippen LogP contribution in [0.2, 0.25) is 0 Å². The molecule has 0 unspecified atom stereocenters. The molecule has 156 valence electrons. The van der Waals surface area contributed by atoms with Gasteiger partial charge in [-0.3, -0.25) is 24.0 Å². The number of methoxy groups -OCH3 is 2. The summed E-state index contributed by atoms with van der Waals surface area (Å²) in [5, 5.41) is 2.58. The third kappa shape index (κ3) is 4.82. The van der Waals surface area contributed by atoms with Gasteiger partial charge >= 0.3 is 11.9 Å². The number of hydrogen-bond acceptors (Lipinski definition) is 7.